The van der Waals surface area contributed by atoms with Crippen LogP contribution in [0.25, 0.3) is 17.7 Å². The second-order valence-corrected chi connectivity index (χ2v) is 3.77. The van der Waals surface area contributed by atoms with Gasteiger partial charge in [0.15, 0.2) is 0 Å². The van der Waals surface area contributed by atoms with Crippen molar-refractivity contribution in [2.75, 3.05) is 0 Å². The van der Waals surface area contributed by atoms with Crippen LogP contribution in [-0.4, -0.2) is 5.11 Å². The molecule has 18 heavy (non-hydrogen) atoms. The summed E-state index contributed by atoms with van der Waals surface area (Å²) in [7, 11) is 0. The highest BCUT2D eigenvalue weighted by molar-refractivity contribution is 5.61. The van der Waals surface area contributed by atoms with Gasteiger partial charge in [-0.3, -0.25) is 0 Å². The van der Waals surface area contributed by atoms with Crippen LogP contribution in [0, 0.1) is 0 Å². The Bertz CT molecular complexity index is 610. The third-order valence-corrected chi connectivity index (χ3v) is 2.47. The SMILES string of the molecule is C=C/C=c1/oc(/C(C)=C/C=C(/O)C=C)c/c1=C/C. The van der Waals surface area contributed by atoms with E-state index in [2.05, 4.69) is 13.2 Å². The van der Waals surface area contributed by atoms with Crippen LogP contribution in [0.15, 0.2) is 53.7 Å². The van der Waals surface area contributed by atoms with Gasteiger partial charge in [0.1, 0.15) is 16.9 Å². The van der Waals surface area contributed by atoms with Crippen LogP contribution in [0.1, 0.15) is 19.6 Å². The first-order valence-corrected chi connectivity index (χ1v) is 5.71. The van der Waals surface area contributed by atoms with Gasteiger partial charge in [-0.25, -0.2) is 0 Å². The number of aliphatic hydroxyl groups is 1. The maximum absolute atomic E-state index is 9.29. The molecule has 0 radical (unpaired) electrons. The van der Waals surface area contributed by atoms with Crippen LogP contribution < -0.4 is 10.6 Å². The molecule has 0 fully saturated rings. The molecule has 2 heteroatoms. The first kappa shape index (κ1) is 13.8. The van der Waals surface area contributed by atoms with Gasteiger partial charge in [-0.2, -0.15) is 0 Å². The molecule has 0 saturated heterocycles. The molecule has 1 aromatic rings. The summed E-state index contributed by atoms with van der Waals surface area (Å²) < 4.78 is 5.71. The quantitative estimate of drug-likeness (QED) is 0.650. The smallest absolute Gasteiger partial charge is 0.134 e. The lowest BCUT2D eigenvalue weighted by Gasteiger charge is -1.93. The summed E-state index contributed by atoms with van der Waals surface area (Å²) in [4.78, 5) is 0. The van der Waals surface area contributed by atoms with Gasteiger partial charge in [-0.05, 0) is 43.7 Å². The maximum Gasteiger partial charge on any atom is 0.134 e. The van der Waals surface area contributed by atoms with Gasteiger partial charge in [0.05, 0.1) is 0 Å². The molecule has 0 aliphatic rings. The van der Waals surface area contributed by atoms with Gasteiger partial charge >= 0.3 is 0 Å². The Balaban J connectivity index is 3.24. The zero-order valence-electron chi connectivity index (χ0n) is 10.8. The van der Waals surface area contributed by atoms with Gasteiger partial charge < -0.3 is 9.52 Å². The molecular weight excluding hydrogens is 224 g/mol. The van der Waals surface area contributed by atoms with Crippen molar-refractivity contribution in [3.63, 3.8) is 0 Å². The van der Waals surface area contributed by atoms with Crippen molar-refractivity contribution < 1.29 is 9.52 Å². The number of aliphatic hydroxyl groups excluding tert-OH is 1. The lowest BCUT2D eigenvalue weighted by molar-refractivity contribution is 0.433. The minimum atomic E-state index is 0.126. The van der Waals surface area contributed by atoms with E-state index in [9.17, 15) is 5.11 Å². The molecule has 0 spiro atoms. The fourth-order valence-electron chi connectivity index (χ4n) is 1.44. The Labute approximate surface area is 107 Å². The summed E-state index contributed by atoms with van der Waals surface area (Å²) in [5, 5.41) is 10.3. The van der Waals surface area contributed by atoms with Gasteiger partial charge in [-0.1, -0.05) is 31.4 Å². The van der Waals surface area contributed by atoms with Crippen LogP contribution in [0.2, 0.25) is 0 Å². The van der Waals surface area contributed by atoms with Gasteiger partial charge in [-0.15, -0.1) is 0 Å². The lowest BCUT2D eigenvalue weighted by Crippen LogP contribution is -2.17. The predicted octanol–water partition coefficient (Wildman–Crippen LogP) is 3.08. The van der Waals surface area contributed by atoms with E-state index in [1.807, 2.05) is 32.1 Å². The van der Waals surface area contributed by atoms with Crippen molar-refractivity contribution in [1.29, 1.82) is 0 Å². The van der Waals surface area contributed by atoms with E-state index in [0.717, 1.165) is 22.0 Å². The lowest BCUT2D eigenvalue weighted by atomic mass is 10.2. The van der Waals surface area contributed by atoms with Crippen LogP contribution in [-0.2, 0) is 0 Å². The molecule has 0 atom stereocenters. The third kappa shape index (κ3) is 3.39. The van der Waals surface area contributed by atoms with E-state index >= 15 is 0 Å². The maximum atomic E-state index is 9.29. The predicted molar refractivity (Wildman–Crippen MR) is 77.3 cm³/mol. The number of hydrogen-bond acceptors (Lipinski definition) is 2. The molecule has 2 nitrogen and oxygen atoms in total. The highest BCUT2D eigenvalue weighted by atomic mass is 16.3. The standard InChI is InChI=1S/C16H18O2/c1-5-8-15-13(6-2)11-16(18-15)12(4)9-10-14(17)7-3/h5-11,17H,1,3H2,2,4H3/b12-9+,13-6-,14-10+,15-8+. The molecule has 0 saturated carbocycles. The molecule has 1 N–H and O–H groups in total. The Morgan fingerprint density at radius 1 is 1.33 bits per heavy atom. The number of hydrogen-bond donors (Lipinski definition) is 1. The molecule has 1 aromatic heterocycles. The normalized spacial score (nSPS) is 15.0. The first-order valence-electron chi connectivity index (χ1n) is 5.71. The molecule has 1 heterocycles. The fraction of sp³-hybridized carbons (Fsp3) is 0.125. The van der Waals surface area contributed by atoms with Gasteiger partial charge in [0.2, 0.25) is 0 Å². The molecular formula is C16H18O2. The van der Waals surface area contributed by atoms with E-state index in [4.69, 9.17) is 4.42 Å². The van der Waals surface area contributed by atoms with E-state index < -0.39 is 0 Å². The monoisotopic (exact) mass is 242 g/mol. The molecule has 0 bridgehead atoms. The van der Waals surface area contributed by atoms with Gasteiger partial charge in [0, 0.05) is 5.22 Å². The first-order chi connectivity index (χ1) is 8.62. The fourth-order valence-corrected chi connectivity index (χ4v) is 1.44. The van der Waals surface area contributed by atoms with E-state index in [1.54, 1.807) is 18.2 Å². The highest BCUT2D eigenvalue weighted by Crippen LogP contribution is 2.10. The second kappa shape index (κ2) is 6.50. The Morgan fingerprint density at radius 3 is 2.61 bits per heavy atom. The summed E-state index contributed by atoms with van der Waals surface area (Å²) in [5.74, 6) is 0.894. The summed E-state index contributed by atoms with van der Waals surface area (Å²) in [6.07, 6.45) is 10.2. The number of furan rings is 1. The third-order valence-electron chi connectivity index (χ3n) is 2.47. The minimum Gasteiger partial charge on any atom is -0.508 e. The van der Waals surface area contributed by atoms with Crippen molar-refractivity contribution in [3.8, 4) is 0 Å². The second-order valence-electron chi connectivity index (χ2n) is 3.77. The van der Waals surface area contributed by atoms with Crippen molar-refractivity contribution in [3.05, 3.63) is 65.7 Å². The van der Waals surface area contributed by atoms with Crippen LogP contribution >= 0.6 is 0 Å². The molecule has 94 valence electrons. The van der Waals surface area contributed by atoms with Crippen LogP contribution in [0.3, 0.4) is 0 Å². The summed E-state index contributed by atoms with van der Waals surface area (Å²) in [6, 6.07) is 1.96. The Kier molecular flexibility index (Phi) is 5.00. The van der Waals surface area contributed by atoms with Crippen LogP contribution in [0.4, 0.5) is 0 Å². The number of allylic oxidation sites excluding steroid dienone is 5. The van der Waals surface area contributed by atoms with Crippen LogP contribution in [0.5, 0.6) is 0 Å². The number of rotatable bonds is 4. The molecule has 0 unspecified atom stereocenters. The topological polar surface area (TPSA) is 33.4 Å². The molecule has 0 aliphatic heterocycles. The molecule has 0 aliphatic carbocycles. The van der Waals surface area contributed by atoms with Crippen molar-refractivity contribution >= 4 is 17.7 Å². The minimum absolute atomic E-state index is 0.126. The van der Waals surface area contributed by atoms with E-state index in [0.29, 0.717) is 0 Å². The van der Waals surface area contributed by atoms with Crippen molar-refractivity contribution in [1.82, 2.24) is 0 Å². The summed E-state index contributed by atoms with van der Waals surface area (Å²) in [6.45, 7) is 11.0. The Morgan fingerprint density at radius 2 is 2.06 bits per heavy atom. The summed E-state index contributed by atoms with van der Waals surface area (Å²) >= 11 is 0. The van der Waals surface area contributed by atoms with E-state index in [-0.39, 0.29) is 5.76 Å². The molecule has 0 aromatic carbocycles. The molecule has 1 rings (SSSR count). The largest absolute Gasteiger partial charge is 0.508 e. The van der Waals surface area contributed by atoms with Crippen molar-refractivity contribution in [2.45, 2.75) is 13.8 Å². The Hall–Kier alpha value is -2.22. The van der Waals surface area contributed by atoms with Crippen molar-refractivity contribution in [2.24, 2.45) is 0 Å². The van der Waals surface area contributed by atoms with Gasteiger partial charge in [0.25, 0.3) is 0 Å². The zero-order valence-corrected chi connectivity index (χ0v) is 10.8. The van der Waals surface area contributed by atoms with E-state index in [1.165, 1.54) is 6.08 Å². The highest BCUT2D eigenvalue weighted by Gasteiger charge is 2.00. The summed E-state index contributed by atoms with van der Waals surface area (Å²) in [5.41, 5.74) is 1.71. The average molecular weight is 242 g/mol. The molecule has 0 amide bonds. The zero-order chi connectivity index (χ0) is 13.5. The average Bonchev–Trinajstić information content (AvgIpc) is 2.79.